The molecule has 5 N–H and O–H groups in total. The van der Waals surface area contributed by atoms with Crippen molar-refractivity contribution in [2.75, 3.05) is 121 Å². The highest BCUT2D eigenvalue weighted by Gasteiger charge is 2.45. The van der Waals surface area contributed by atoms with Gasteiger partial charge in [-0.25, -0.2) is 0 Å². The van der Waals surface area contributed by atoms with Crippen LogP contribution in [0.1, 0.15) is 61.5 Å². The van der Waals surface area contributed by atoms with Crippen LogP contribution in [0.15, 0.2) is 77.7 Å². The Morgan fingerprint density at radius 1 is 0.767 bits per heavy atom. The van der Waals surface area contributed by atoms with Crippen molar-refractivity contribution in [3.63, 3.8) is 0 Å². The Morgan fingerprint density at radius 2 is 1.49 bits per heavy atom. The van der Waals surface area contributed by atoms with Gasteiger partial charge < -0.3 is 40.2 Å². The number of hydrogen-bond donors (Lipinski definition) is 5. The number of pyridine rings is 1. The molecule has 1 aromatic heterocycles. The summed E-state index contributed by atoms with van der Waals surface area (Å²) in [6, 6.07) is 17.9. The third-order valence-corrected chi connectivity index (χ3v) is 13.3. The number of carbonyl (C=O) groups is 6. The van der Waals surface area contributed by atoms with Crippen LogP contribution < -0.4 is 31.7 Å². The van der Waals surface area contributed by atoms with E-state index in [1.165, 1.54) is 6.07 Å². The fraction of sp³-hybridized carbons (Fsp3) is 0.431. The number of fused-ring (bicyclic) bond motifs is 1. The molecule has 0 saturated carbocycles. The largest absolute Gasteiger partial charge is 0.417 e. The summed E-state index contributed by atoms with van der Waals surface area (Å²) in [5, 5.41) is 11.0. The highest BCUT2D eigenvalue weighted by atomic mass is 19.4. The van der Waals surface area contributed by atoms with Crippen LogP contribution in [0.5, 0.6) is 0 Å². The second-order valence-electron chi connectivity index (χ2n) is 18.3. The first-order chi connectivity index (χ1) is 35.1. The average molecular weight is 1010 g/mol. The van der Waals surface area contributed by atoms with E-state index >= 15 is 0 Å². The number of hydrogen-bond acceptors (Lipinski definition) is 14. The van der Waals surface area contributed by atoms with Crippen molar-refractivity contribution in [2.24, 2.45) is 0 Å². The van der Waals surface area contributed by atoms with Crippen molar-refractivity contribution in [3.05, 3.63) is 111 Å². The minimum Gasteiger partial charge on any atom is -0.382 e. The smallest absolute Gasteiger partial charge is 0.382 e. The van der Waals surface area contributed by atoms with E-state index in [0.717, 1.165) is 67.1 Å². The molecule has 1 unspecified atom stereocenters. The summed E-state index contributed by atoms with van der Waals surface area (Å²) in [6.07, 6.45) is -3.80. The number of aromatic amines is 1. The molecule has 0 bridgehead atoms. The first-order valence-electron chi connectivity index (χ1n) is 24.4. The fourth-order valence-electron chi connectivity index (χ4n) is 9.35. The first-order valence-corrected chi connectivity index (χ1v) is 24.4. The van der Waals surface area contributed by atoms with Crippen LogP contribution in [0, 0.1) is 0 Å². The molecule has 4 aliphatic heterocycles. The minimum atomic E-state index is -4.91. The SMILES string of the molecule is CN1CCN(c2ccc(-c3cccc(CN4CCN(CCNC(=O)CCOCCOCCNc5cccc6c5C(=O)N(C5CCC(=O)NC5=O)C6=O)CC4)c3)cc2NC(=O)c2c[nH]c(=O)cc2C(F)(F)F)CC1. The molecule has 19 nitrogen and oxygen atoms in total. The quantitative estimate of drug-likeness (QED) is 0.0635. The molecule has 0 radical (unpaired) electrons. The molecule has 22 heteroatoms. The highest BCUT2D eigenvalue weighted by molar-refractivity contribution is 6.25. The number of imide groups is 2. The molecule has 8 rings (SSSR count). The molecule has 0 aliphatic carbocycles. The monoisotopic (exact) mass is 1010 g/mol. The topological polar surface area (TPSA) is 218 Å². The van der Waals surface area contributed by atoms with Crippen LogP contribution >= 0.6 is 0 Å². The molecule has 0 spiro atoms. The van der Waals surface area contributed by atoms with Crippen molar-refractivity contribution in [1.29, 1.82) is 0 Å². The third-order valence-electron chi connectivity index (χ3n) is 13.3. The number of alkyl halides is 3. The van der Waals surface area contributed by atoms with Gasteiger partial charge in [0.2, 0.25) is 23.3 Å². The van der Waals surface area contributed by atoms with E-state index in [4.69, 9.17) is 9.47 Å². The van der Waals surface area contributed by atoms with E-state index in [-0.39, 0.29) is 62.7 Å². The number of halogens is 3. The van der Waals surface area contributed by atoms with Gasteiger partial charge in [-0.15, -0.1) is 0 Å². The van der Waals surface area contributed by atoms with Crippen LogP contribution in [0.3, 0.4) is 0 Å². The normalized spacial score (nSPS) is 17.9. The number of aromatic nitrogens is 1. The average Bonchev–Trinajstić information content (AvgIpc) is 3.62. The lowest BCUT2D eigenvalue weighted by Gasteiger charge is -2.35. The highest BCUT2D eigenvalue weighted by Crippen LogP contribution is 2.36. The number of rotatable bonds is 20. The van der Waals surface area contributed by atoms with Crippen LogP contribution in [-0.4, -0.2) is 172 Å². The van der Waals surface area contributed by atoms with Crippen molar-refractivity contribution in [1.82, 2.24) is 35.2 Å². The number of amides is 6. The molecule has 3 saturated heterocycles. The zero-order valence-electron chi connectivity index (χ0n) is 40.5. The van der Waals surface area contributed by atoms with Gasteiger partial charge in [0.15, 0.2) is 0 Å². The first kappa shape index (κ1) is 52.3. The van der Waals surface area contributed by atoms with Crippen molar-refractivity contribution in [2.45, 2.75) is 38.0 Å². The van der Waals surface area contributed by atoms with Crippen molar-refractivity contribution in [3.8, 4) is 11.1 Å². The molecule has 388 valence electrons. The maximum Gasteiger partial charge on any atom is 0.417 e. The molecule has 4 aliphatic rings. The van der Waals surface area contributed by atoms with E-state index < -0.39 is 58.4 Å². The zero-order chi connectivity index (χ0) is 51.6. The van der Waals surface area contributed by atoms with Crippen molar-refractivity contribution >= 4 is 52.5 Å². The van der Waals surface area contributed by atoms with Gasteiger partial charge in [0.1, 0.15) is 6.04 Å². The Hall–Kier alpha value is -6.98. The molecule has 3 fully saturated rings. The van der Waals surface area contributed by atoms with Crippen molar-refractivity contribution < 1.29 is 51.4 Å². The molecule has 6 amide bonds. The maximum absolute atomic E-state index is 13.9. The Labute approximate surface area is 419 Å². The summed E-state index contributed by atoms with van der Waals surface area (Å²) in [5.74, 6) is -3.38. The standard InChI is InChI=1S/C51H59F3N10O9/c1-60-16-22-63(23-17-60)41-9-8-35(29-40(41)58-47(68)37-31-57-45(67)30-38(37)51(52,53)54)34-5-2-4-33(28-34)32-62-20-18-61(19-21-62)15-13-56-43(65)12-24-72-26-27-73-25-14-55-39-7-3-6-36-46(39)50(71)64(49(36)70)42-10-11-44(66)59-48(42)69/h2-9,28-31,42,55H,10-27,32H2,1H3,(H,56,65)(H,57,67)(H,58,68)(H,59,66,69). The maximum atomic E-state index is 13.9. The summed E-state index contributed by atoms with van der Waals surface area (Å²) >= 11 is 0. The minimum absolute atomic E-state index is 0.0384. The zero-order valence-corrected chi connectivity index (χ0v) is 40.5. The number of piperidine rings is 1. The van der Waals surface area contributed by atoms with E-state index in [1.807, 2.05) is 37.4 Å². The summed E-state index contributed by atoms with van der Waals surface area (Å²) < 4.78 is 53.0. The van der Waals surface area contributed by atoms with Crippen LogP contribution in [0.4, 0.5) is 30.2 Å². The molecular weight excluding hydrogens is 954 g/mol. The van der Waals surface area contributed by atoms with Gasteiger partial charge in [-0.2, -0.15) is 13.2 Å². The number of nitrogens with one attached hydrogen (secondary N) is 5. The summed E-state index contributed by atoms with van der Waals surface area (Å²) in [6.45, 7) is 9.47. The second kappa shape index (κ2) is 23.7. The van der Waals surface area contributed by atoms with Gasteiger partial charge in [0.05, 0.1) is 60.1 Å². The molecule has 4 aromatic rings. The number of benzene rings is 3. The number of carbonyl (C=O) groups excluding carboxylic acids is 6. The molecular formula is C51H59F3N10O9. The van der Waals surface area contributed by atoms with Gasteiger partial charge in [-0.3, -0.25) is 53.6 Å². The van der Waals surface area contributed by atoms with Gasteiger partial charge >= 0.3 is 6.18 Å². The number of nitrogens with zero attached hydrogens (tertiary/aromatic N) is 5. The third kappa shape index (κ3) is 13.2. The van der Waals surface area contributed by atoms with Gasteiger partial charge in [0.25, 0.3) is 17.7 Å². The molecule has 3 aromatic carbocycles. The van der Waals surface area contributed by atoms with Gasteiger partial charge in [0, 0.05) is 109 Å². The van der Waals surface area contributed by atoms with Crippen LogP contribution in [0.2, 0.25) is 0 Å². The second-order valence-corrected chi connectivity index (χ2v) is 18.3. The molecule has 5 heterocycles. The Morgan fingerprint density at radius 3 is 2.25 bits per heavy atom. The fourth-order valence-corrected chi connectivity index (χ4v) is 9.35. The lowest BCUT2D eigenvalue weighted by atomic mass is 10.0. The molecule has 1 atom stereocenters. The number of ether oxygens (including phenoxy) is 2. The lowest BCUT2D eigenvalue weighted by molar-refractivity contribution is -0.138. The Kier molecular flexibility index (Phi) is 17.0. The lowest BCUT2D eigenvalue weighted by Crippen LogP contribution is -2.54. The Balaban J connectivity index is 0.724. The van der Waals surface area contributed by atoms with Crippen LogP contribution in [-0.2, 0) is 36.6 Å². The van der Waals surface area contributed by atoms with E-state index in [9.17, 15) is 46.7 Å². The van der Waals surface area contributed by atoms with E-state index in [0.29, 0.717) is 62.4 Å². The summed E-state index contributed by atoms with van der Waals surface area (Å²) in [4.78, 5) is 100. The predicted molar refractivity (Wildman–Crippen MR) is 264 cm³/mol. The number of piperazine rings is 2. The van der Waals surface area contributed by atoms with E-state index in [1.54, 1.807) is 18.2 Å². The number of H-pyrrole nitrogens is 1. The van der Waals surface area contributed by atoms with Crippen LogP contribution in [0.25, 0.3) is 11.1 Å². The number of likely N-dealkylation sites (N-methyl/N-ethyl adjacent to an activating group) is 1. The predicted octanol–water partition coefficient (Wildman–Crippen LogP) is 3.24. The summed E-state index contributed by atoms with van der Waals surface area (Å²) in [7, 11) is 2.01. The van der Waals surface area contributed by atoms with Gasteiger partial charge in [-0.05, 0) is 60.5 Å². The molecule has 73 heavy (non-hydrogen) atoms. The number of anilines is 3. The summed E-state index contributed by atoms with van der Waals surface area (Å²) in [5.41, 5.74) is 1.64. The van der Waals surface area contributed by atoms with Gasteiger partial charge in [-0.1, -0.05) is 30.3 Å². The Bertz CT molecular complexity index is 2760. The van der Waals surface area contributed by atoms with E-state index in [2.05, 4.69) is 51.9 Å².